The Labute approximate surface area is 145 Å². The maximum absolute atomic E-state index is 4.85. The van der Waals surface area contributed by atoms with Gasteiger partial charge >= 0.3 is 0 Å². The van der Waals surface area contributed by atoms with Gasteiger partial charge in [0.05, 0.1) is 0 Å². The third-order valence-corrected chi connectivity index (χ3v) is 4.48. The fourth-order valence-electron chi connectivity index (χ4n) is 3.27. The van der Waals surface area contributed by atoms with Crippen LogP contribution in [0.5, 0.6) is 0 Å². The first-order valence-corrected chi connectivity index (χ1v) is 8.29. The molecule has 0 fully saturated rings. The molecule has 0 N–H and O–H groups in total. The van der Waals surface area contributed by atoms with Gasteiger partial charge < -0.3 is 0 Å². The number of rotatable bonds is 2. The van der Waals surface area contributed by atoms with Crippen LogP contribution in [0.3, 0.4) is 0 Å². The van der Waals surface area contributed by atoms with E-state index in [1.54, 1.807) is 0 Å². The van der Waals surface area contributed by atoms with E-state index in [1.165, 1.54) is 10.9 Å². The highest BCUT2D eigenvalue weighted by Crippen LogP contribution is 2.31. The lowest BCUT2D eigenvalue weighted by atomic mass is 9.99. The third kappa shape index (κ3) is 2.29. The van der Waals surface area contributed by atoms with Crippen molar-refractivity contribution in [3.63, 3.8) is 0 Å². The Balaban J connectivity index is 1.76. The minimum atomic E-state index is 0.746. The molecule has 0 aliphatic heterocycles. The van der Waals surface area contributed by atoms with Crippen LogP contribution in [0.1, 0.15) is 0 Å². The molecule has 5 rings (SSSR count). The zero-order valence-corrected chi connectivity index (χ0v) is 13.5. The van der Waals surface area contributed by atoms with Crippen LogP contribution in [-0.2, 0) is 0 Å². The van der Waals surface area contributed by atoms with Gasteiger partial charge in [0.1, 0.15) is 0 Å². The van der Waals surface area contributed by atoms with Crippen molar-refractivity contribution in [2.24, 2.45) is 0 Å². The maximum atomic E-state index is 4.85. The molecule has 0 saturated carbocycles. The Kier molecular flexibility index (Phi) is 3.10. The first kappa shape index (κ1) is 13.9. The largest absolute Gasteiger partial charge is 0.220 e. The summed E-state index contributed by atoms with van der Waals surface area (Å²) >= 11 is 0. The molecule has 0 atom stereocenters. The first-order chi connectivity index (χ1) is 12.4. The molecule has 0 unspecified atom stereocenters. The normalized spacial score (nSPS) is 11.2. The Bertz CT molecular complexity index is 1190. The summed E-state index contributed by atoms with van der Waals surface area (Å²) in [6.45, 7) is 0. The zero-order chi connectivity index (χ0) is 16.6. The molecule has 0 radical (unpaired) electrons. The molecule has 0 aliphatic rings. The summed E-state index contributed by atoms with van der Waals surface area (Å²) in [6, 6.07) is 29.0. The van der Waals surface area contributed by atoms with Gasteiger partial charge in [-0.15, -0.1) is 5.10 Å². The fourth-order valence-corrected chi connectivity index (χ4v) is 3.27. The maximum Gasteiger partial charge on any atom is 0.182 e. The lowest BCUT2D eigenvalue weighted by molar-refractivity contribution is 0.971. The van der Waals surface area contributed by atoms with Gasteiger partial charge in [0.15, 0.2) is 11.5 Å². The van der Waals surface area contributed by atoms with Crippen molar-refractivity contribution in [2.75, 3.05) is 0 Å². The van der Waals surface area contributed by atoms with Gasteiger partial charge in [-0.05, 0) is 22.6 Å². The third-order valence-electron chi connectivity index (χ3n) is 4.48. The van der Waals surface area contributed by atoms with Crippen LogP contribution in [0.25, 0.3) is 38.9 Å². The van der Waals surface area contributed by atoms with Crippen molar-refractivity contribution in [2.45, 2.75) is 0 Å². The average molecular weight is 321 g/mol. The Morgan fingerprint density at radius 2 is 1.36 bits per heavy atom. The molecule has 25 heavy (non-hydrogen) atoms. The van der Waals surface area contributed by atoms with Crippen LogP contribution in [-0.4, -0.2) is 14.6 Å². The van der Waals surface area contributed by atoms with E-state index in [9.17, 15) is 0 Å². The van der Waals surface area contributed by atoms with Gasteiger partial charge in [-0.1, -0.05) is 78.9 Å². The number of fused-ring (bicyclic) bond motifs is 3. The van der Waals surface area contributed by atoms with E-state index in [-0.39, 0.29) is 0 Å². The van der Waals surface area contributed by atoms with Gasteiger partial charge in [-0.2, -0.15) is 0 Å². The standard InChI is InChI=1S/C22H15N3/c1-2-8-16(9-3-1)18-11-6-7-13-20(18)21-23-22-19-12-5-4-10-17(19)14-15-25(22)24-21/h1-15H. The first-order valence-electron chi connectivity index (χ1n) is 8.29. The van der Waals surface area contributed by atoms with E-state index in [1.807, 2.05) is 35.0 Å². The second-order valence-corrected chi connectivity index (χ2v) is 6.02. The van der Waals surface area contributed by atoms with Gasteiger partial charge in [-0.25, -0.2) is 9.50 Å². The molecule has 2 aromatic heterocycles. The van der Waals surface area contributed by atoms with Crippen molar-refractivity contribution < 1.29 is 0 Å². The van der Waals surface area contributed by atoms with Crippen LogP contribution in [0, 0.1) is 0 Å². The predicted octanol–water partition coefficient (Wildman–Crippen LogP) is 5.22. The van der Waals surface area contributed by atoms with E-state index >= 15 is 0 Å². The van der Waals surface area contributed by atoms with Crippen molar-refractivity contribution in [1.29, 1.82) is 0 Å². The SMILES string of the molecule is c1ccc(-c2ccccc2-c2nc3c4ccccc4ccn3n2)cc1. The van der Waals surface area contributed by atoms with Crippen molar-refractivity contribution >= 4 is 16.4 Å². The van der Waals surface area contributed by atoms with Crippen LogP contribution >= 0.6 is 0 Å². The number of aromatic nitrogens is 3. The van der Waals surface area contributed by atoms with Gasteiger partial charge in [-0.3, -0.25) is 0 Å². The second kappa shape index (κ2) is 5.56. The van der Waals surface area contributed by atoms with Crippen LogP contribution in [0.4, 0.5) is 0 Å². The second-order valence-electron chi connectivity index (χ2n) is 6.02. The van der Waals surface area contributed by atoms with E-state index in [4.69, 9.17) is 10.1 Å². The number of hydrogen-bond acceptors (Lipinski definition) is 2. The molecule has 0 bridgehead atoms. The molecule has 0 amide bonds. The number of benzene rings is 3. The van der Waals surface area contributed by atoms with Crippen molar-refractivity contribution in [1.82, 2.24) is 14.6 Å². The summed E-state index contributed by atoms with van der Waals surface area (Å²) in [7, 11) is 0. The predicted molar refractivity (Wildman–Crippen MR) is 101 cm³/mol. The quantitative estimate of drug-likeness (QED) is 0.446. The zero-order valence-electron chi connectivity index (χ0n) is 13.5. The van der Waals surface area contributed by atoms with Crippen LogP contribution in [0.2, 0.25) is 0 Å². The highest BCUT2D eigenvalue weighted by molar-refractivity contribution is 5.94. The number of nitrogens with zero attached hydrogens (tertiary/aromatic N) is 3. The smallest absolute Gasteiger partial charge is 0.182 e. The Hall–Kier alpha value is -3.46. The highest BCUT2D eigenvalue weighted by atomic mass is 15.3. The molecule has 5 aromatic rings. The molecular weight excluding hydrogens is 306 g/mol. The molecule has 0 aliphatic carbocycles. The molecule has 0 saturated heterocycles. The van der Waals surface area contributed by atoms with Gasteiger partial charge in [0.2, 0.25) is 0 Å². The molecule has 118 valence electrons. The van der Waals surface area contributed by atoms with Crippen molar-refractivity contribution in [3.8, 4) is 22.5 Å². The van der Waals surface area contributed by atoms with Crippen molar-refractivity contribution in [3.05, 3.63) is 91.1 Å². The van der Waals surface area contributed by atoms with Crippen LogP contribution in [0.15, 0.2) is 91.1 Å². The molecule has 3 heteroatoms. The summed E-state index contributed by atoms with van der Waals surface area (Å²) in [4.78, 5) is 4.85. The Morgan fingerprint density at radius 1 is 0.640 bits per heavy atom. The highest BCUT2D eigenvalue weighted by Gasteiger charge is 2.13. The summed E-state index contributed by atoms with van der Waals surface area (Å²) in [6.07, 6.45) is 1.97. The van der Waals surface area contributed by atoms with E-state index < -0.39 is 0 Å². The summed E-state index contributed by atoms with van der Waals surface area (Å²) in [5.74, 6) is 0.746. The lowest BCUT2D eigenvalue weighted by Crippen LogP contribution is -1.88. The van der Waals surface area contributed by atoms with E-state index in [0.717, 1.165) is 28.0 Å². The van der Waals surface area contributed by atoms with Gasteiger partial charge in [0, 0.05) is 17.1 Å². The van der Waals surface area contributed by atoms with Crippen LogP contribution < -0.4 is 0 Å². The van der Waals surface area contributed by atoms with E-state index in [0.29, 0.717) is 0 Å². The molecular formula is C22H15N3. The summed E-state index contributed by atoms with van der Waals surface area (Å²) < 4.78 is 1.86. The average Bonchev–Trinajstić information content (AvgIpc) is 3.13. The summed E-state index contributed by atoms with van der Waals surface area (Å²) in [5.41, 5.74) is 4.24. The lowest BCUT2D eigenvalue weighted by Gasteiger charge is -2.06. The number of pyridine rings is 1. The number of hydrogen-bond donors (Lipinski definition) is 0. The molecule has 2 heterocycles. The van der Waals surface area contributed by atoms with E-state index in [2.05, 4.69) is 60.7 Å². The topological polar surface area (TPSA) is 30.2 Å². The Morgan fingerprint density at radius 3 is 2.24 bits per heavy atom. The molecule has 3 nitrogen and oxygen atoms in total. The molecule has 0 spiro atoms. The monoisotopic (exact) mass is 321 g/mol. The van der Waals surface area contributed by atoms with Gasteiger partial charge in [0.25, 0.3) is 0 Å². The molecule has 3 aromatic carbocycles. The fraction of sp³-hybridized carbons (Fsp3) is 0. The summed E-state index contributed by atoms with van der Waals surface area (Å²) in [5, 5.41) is 7.01. The minimum absolute atomic E-state index is 0.746. The minimum Gasteiger partial charge on any atom is -0.220 e.